The first-order chi connectivity index (χ1) is 12.9. The lowest BCUT2D eigenvalue weighted by Crippen LogP contribution is -2.27. The molecule has 0 atom stereocenters. The SMILES string of the molecule is COc1cc(C=C2SC(=S)N(c3cccc(C)c3)C2=O)ccc1OC(C)C. The summed E-state index contributed by atoms with van der Waals surface area (Å²) in [5, 5.41) is 0. The number of carbonyl (C=O) groups is 1. The summed E-state index contributed by atoms with van der Waals surface area (Å²) in [5.74, 6) is 1.20. The molecule has 1 fully saturated rings. The molecule has 4 nitrogen and oxygen atoms in total. The zero-order chi connectivity index (χ0) is 19.6. The molecule has 0 spiro atoms. The number of hydrogen-bond acceptors (Lipinski definition) is 5. The van der Waals surface area contributed by atoms with Crippen LogP contribution >= 0.6 is 24.0 Å². The molecule has 27 heavy (non-hydrogen) atoms. The van der Waals surface area contributed by atoms with Crippen molar-refractivity contribution in [2.75, 3.05) is 12.0 Å². The fourth-order valence-corrected chi connectivity index (χ4v) is 4.03. The maximum absolute atomic E-state index is 12.9. The highest BCUT2D eigenvalue weighted by atomic mass is 32.2. The van der Waals surface area contributed by atoms with Crippen LogP contribution in [0, 0.1) is 6.92 Å². The van der Waals surface area contributed by atoms with Crippen LogP contribution in [0.25, 0.3) is 6.08 Å². The molecule has 3 rings (SSSR count). The van der Waals surface area contributed by atoms with Crippen LogP contribution in [-0.2, 0) is 4.79 Å². The van der Waals surface area contributed by atoms with E-state index in [2.05, 4.69) is 0 Å². The molecule has 1 amide bonds. The van der Waals surface area contributed by atoms with E-state index in [0.29, 0.717) is 20.7 Å². The summed E-state index contributed by atoms with van der Waals surface area (Å²) in [6.45, 7) is 5.91. The highest BCUT2D eigenvalue weighted by Crippen LogP contribution is 2.37. The Balaban J connectivity index is 1.89. The molecule has 140 valence electrons. The molecular formula is C21H21NO3S2. The van der Waals surface area contributed by atoms with E-state index in [0.717, 1.165) is 16.8 Å². The van der Waals surface area contributed by atoms with Crippen molar-refractivity contribution in [3.8, 4) is 11.5 Å². The molecule has 0 saturated carbocycles. The van der Waals surface area contributed by atoms with Gasteiger partial charge in [-0.3, -0.25) is 9.69 Å². The quantitative estimate of drug-likeness (QED) is 0.511. The second-order valence-electron chi connectivity index (χ2n) is 6.43. The Hall–Kier alpha value is -2.31. The average Bonchev–Trinajstić information content (AvgIpc) is 2.89. The van der Waals surface area contributed by atoms with Gasteiger partial charge in [-0.2, -0.15) is 0 Å². The van der Waals surface area contributed by atoms with Crippen molar-refractivity contribution >= 4 is 46.0 Å². The molecule has 2 aromatic rings. The summed E-state index contributed by atoms with van der Waals surface area (Å²) in [7, 11) is 1.60. The van der Waals surface area contributed by atoms with E-state index in [4.69, 9.17) is 21.7 Å². The lowest BCUT2D eigenvalue weighted by Gasteiger charge is -2.15. The van der Waals surface area contributed by atoms with Gasteiger partial charge in [0.1, 0.15) is 0 Å². The van der Waals surface area contributed by atoms with E-state index in [1.165, 1.54) is 11.8 Å². The molecule has 2 aromatic carbocycles. The van der Waals surface area contributed by atoms with Crippen molar-refractivity contribution in [1.82, 2.24) is 0 Å². The Morgan fingerprint density at radius 3 is 2.59 bits per heavy atom. The van der Waals surface area contributed by atoms with Crippen LogP contribution in [0.5, 0.6) is 11.5 Å². The van der Waals surface area contributed by atoms with Gasteiger partial charge in [0.25, 0.3) is 5.91 Å². The molecular weight excluding hydrogens is 378 g/mol. The van der Waals surface area contributed by atoms with Crippen LogP contribution in [-0.4, -0.2) is 23.4 Å². The van der Waals surface area contributed by atoms with E-state index in [9.17, 15) is 4.79 Å². The van der Waals surface area contributed by atoms with Crippen LogP contribution < -0.4 is 14.4 Å². The lowest BCUT2D eigenvalue weighted by molar-refractivity contribution is -0.113. The van der Waals surface area contributed by atoms with Crippen molar-refractivity contribution < 1.29 is 14.3 Å². The highest BCUT2D eigenvalue weighted by molar-refractivity contribution is 8.27. The first-order valence-corrected chi connectivity index (χ1v) is 9.81. The number of hydrogen-bond donors (Lipinski definition) is 0. The van der Waals surface area contributed by atoms with E-state index in [1.807, 2.05) is 69.3 Å². The van der Waals surface area contributed by atoms with Crippen LogP contribution in [0.3, 0.4) is 0 Å². The van der Waals surface area contributed by atoms with E-state index < -0.39 is 0 Å². The van der Waals surface area contributed by atoms with Crippen molar-refractivity contribution in [3.05, 3.63) is 58.5 Å². The number of rotatable bonds is 5. The molecule has 0 unspecified atom stereocenters. The highest BCUT2D eigenvalue weighted by Gasteiger charge is 2.33. The summed E-state index contributed by atoms with van der Waals surface area (Å²) in [6.07, 6.45) is 1.88. The summed E-state index contributed by atoms with van der Waals surface area (Å²) < 4.78 is 11.7. The fraction of sp³-hybridized carbons (Fsp3) is 0.238. The Bertz CT molecular complexity index is 921. The largest absolute Gasteiger partial charge is 0.493 e. The summed E-state index contributed by atoms with van der Waals surface area (Å²) in [4.78, 5) is 15.1. The lowest BCUT2D eigenvalue weighted by atomic mass is 10.1. The van der Waals surface area contributed by atoms with Gasteiger partial charge in [-0.1, -0.05) is 42.2 Å². The predicted octanol–water partition coefficient (Wildman–Crippen LogP) is 5.20. The molecule has 0 bridgehead atoms. The minimum absolute atomic E-state index is 0.0512. The van der Waals surface area contributed by atoms with Gasteiger partial charge in [-0.15, -0.1) is 0 Å². The van der Waals surface area contributed by atoms with E-state index >= 15 is 0 Å². The number of benzene rings is 2. The fourth-order valence-electron chi connectivity index (χ4n) is 2.73. The maximum atomic E-state index is 12.9. The number of nitrogens with zero attached hydrogens (tertiary/aromatic N) is 1. The van der Waals surface area contributed by atoms with Crippen molar-refractivity contribution in [3.63, 3.8) is 0 Å². The monoisotopic (exact) mass is 399 g/mol. The third-order valence-corrected chi connectivity index (χ3v) is 5.20. The van der Waals surface area contributed by atoms with E-state index in [-0.39, 0.29) is 12.0 Å². The molecule has 1 aliphatic rings. The number of thioether (sulfide) groups is 1. The third-order valence-electron chi connectivity index (χ3n) is 3.90. The smallest absolute Gasteiger partial charge is 0.270 e. The normalized spacial score (nSPS) is 15.7. The van der Waals surface area contributed by atoms with Crippen molar-refractivity contribution in [2.24, 2.45) is 0 Å². The number of carbonyl (C=O) groups excluding carboxylic acids is 1. The molecule has 1 saturated heterocycles. The Kier molecular flexibility index (Phi) is 5.87. The molecule has 6 heteroatoms. The third kappa shape index (κ3) is 4.34. The van der Waals surface area contributed by atoms with Gasteiger partial charge >= 0.3 is 0 Å². The maximum Gasteiger partial charge on any atom is 0.270 e. The second kappa shape index (κ2) is 8.15. The van der Waals surface area contributed by atoms with Crippen molar-refractivity contribution in [2.45, 2.75) is 26.9 Å². The summed E-state index contributed by atoms with van der Waals surface area (Å²) in [5.41, 5.74) is 2.72. The predicted molar refractivity (Wildman–Crippen MR) is 116 cm³/mol. The standard InChI is InChI=1S/C21H21NO3S2/c1-13(2)25-17-9-8-15(11-18(17)24-4)12-19-20(23)22(21(26)27-19)16-7-5-6-14(3)10-16/h5-13H,1-4H3. The number of amides is 1. The Labute approximate surface area is 169 Å². The molecule has 0 radical (unpaired) electrons. The molecule has 0 aliphatic carbocycles. The Morgan fingerprint density at radius 2 is 1.93 bits per heavy atom. The van der Waals surface area contributed by atoms with E-state index in [1.54, 1.807) is 12.0 Å². The topological polar surface area (TPSA) is 38.8 Å². The van der Waals surface area contributed by atoms with Crippen LogP contribution in [0.1, 0.15) is 25.0 Å². The van der Waals surface area contributed by atoms with Gasteiger partial charge in [0.15, 0.2) is 15.8 Å². The number of methoxy groups -OCH3 is 1. The minimum Gasteiger partial charge on any atom is -0.493 e. The van der Waals surface area contributed by atoms with Gasteiger partial charge in [-0.25, -0.2) is 0 Å². The molecule has 1 aliphatic heterocycles. The molecule has 1 heterocycles. The van der Waals surface area contributed by atoms with Gasteiger partial charge in [0.05, 0.1) is 23.8 Å². The first-order valence-electron chi connectivity index (χ1n) is 8.58. The van der Waals surface area contributed by atoms with Gasteiger partial charge in [0.2, 0.25) is 0 Å². The van der Waals surface area contributed by atoms with Crippen LogP contribution in [0.2, 0.25) is 0 Å². The summed E-state index contributed by atoms with van der Waals surface area (Å²) >= 11 is 6.74. The van der Waals surface area contributed by atoms with Crippen molar-refractivity contribution in [1.29, 1.82) is 0 Å². The number of thiocarbonyl (C=S) groups is 1. The van der Waals surface area contributed by atoms with Gasteiger partial charge in [0, 0.05) is 0 Å². The summed E-state index contributed by atoms with van der Waals surface area (Å²) in [6, 6.07) is 13.4. The minimum atomic E-state index is -0.114. The van der Waals surface area contributed by atoms with Crippen LogP contribution in [0.15, 0.2) is 47.4 Å². The van der Waals surface area contributed by atoms with Gasteiger partial charge in [-0.05, 0) is 62.2 Å². The molecule has 0 N–H and O–H groups in total. The number of aryl methyl sites for hydroxylation is 1. The number of anilines is 1. The zero-order valence-corrected chi connectivity index (χ0v) is 17.3. The first kappa shape index (κ1) is 19.5. The second-order valence-corrected chi connectivity index (χ2v) is 8.11. The number of ether oxygens (including phenoxy) is 2. The zero-order valence-electron chi connectivity index (χ0n) is 15.7. The van der Waals surface area contributed by atoms with Gasteiger partial charge < -0.3 is 9.47 Å². The molecule has 0 aromatic heterocycles. The Morgan fingerprint density at radius 1 is 1.15 bits per heavy atom. The average molecular weight is 400 g/mol. The van der Waals surface area contributed by atoms with Crippen LogP contribution in [0.4, 0.5) is 5.69 Å².